The van der Waals surface area contributed by atoms with Gasteiger partial charge >= 0.3 is 0 Å². The minimum Gasteiger partial charge on any atom is -0.462 e. The predicted molar refractivity (Wildman–Crippen MR) is 113 cm³/mol. The second kappa shape index (κ2) is 7.50. The molecule has 0 unspecified atom stereocenters. The van der Waals surface area contributed by atoms with E-state index in [0.717, 1.165) is 60.1 Å². The largest absolute Gasteiger partial charge is 0.462 e. The van der Waals surface area contributed by atoms with E-state index in [1.54, 1.807) is 28.9 Å². The van der Waals surface area contributed by atoms with Crippen LogP contribution in [0.3, 0.4) is 0 Å². The quantitative estimate of drug-likeness (QED) is 0.495. The van der Waals surface area contributed by atoms with E-state index in [9.17, 15) is 4.79 Å². The second-order valence-corrected chi connectivity index (χ2v) is 8.60. The van der Waals surface area contributed by atoms with Crippen LogP contribution in [0.2, 0.25) is 0 Å². The van der Waals surface area contributed by atoms with E-state index in [-0.39, 0.29) is 5.91 Å². The fourth-order valence-electron chi connectivity index (χ4n) is 3.54. The van der Waals surface area contributed by atoms with Crippen LogP contribution >= 0.6 is 22.7 Å². The van der Waals surface area contributed by atoms with Gasteiger partial charge in [0.1, 0.15) is 0 Å². The summed E-state index contributed by atoms with van der Waals surface area (Å²) in [6, 6.07) is 11.9. The highest BCUT2D eigenvalue weighted by molar-refractivity contribution is 7.17. The van der Waals surface area contributed by atoms with Gasteiger partial charge in [-0.1, -0.05) is 18.2 Å². The molecule has 5 nitrogen and oxygen atoms in total. The summed E-state index contributed by atoms with van der Waals surface area (Å²) in [5.41, 5.74) is 1.89. The van der Waals surface area contributed by atoms with Gasteiger partial charge in [0.2, 0.25) is 0 Å². The number of piperazine rings is 1. The number of nitrogens with zero attached hydrogens (tertiary/aromatic N) is 3. The van der Waals surface area contributed by atoms with Crippen LogP contribution in [0, 0.1) is 0 Å². The molecular formula is C21H19N3O2S2. The van der Waals surface area contributed by atoms with E-state index in [1.807, 2.05) is 40.6 Å². The highest BCUT2D eigenvalue weighted by Crippen LogP contribution is 2.27. The lowest BCUT2D eigenvalue weighted by molar-refractivity contribution is 0.0629. The number of aromatic nitrogens is 1. The molecule has 3 aromatic heterocycles. The number of carbonyl (C=O) groups is 1. The van der Waals surface area contributed by atoms with Crippen LogP contribution < -0.4 is 0 Å². The highest BCUT2D eigenvalue weighted by Gasteiger charge is 2.24. The van der Waals surface area contributed by atoms with Crippen LogP contribution in [0.15, 0.2) is 57.8 Å². The van der Waals surface area contributed by atoms with Crippen molar-refractivity contribution in [1.29, 1.82) is 0 Å². The van der Waals surface area contributed by atoms with Gasteiger partial charge in [-0.05, 0) is 18.2 Å². The molecule has 1 amide bonds. The zero-order valence-electron chi connectivity index (χ0n) is 15.2. The van der Waals surface area contributed by atoms with E-state index in [2.05, 4.69) is 21.3 Å². The molecule has 7 heteroatoms. The Balaban J connectivity index is 1.21. The number of fused-ring (bicyclic) bond motifs is 1. The number of amides is 1. The predicted octanol–water partition coefficient (Wildman–Crippen LogP) is 4.58. The first-order chi connectivity index (χ1) is 13.8. The average Bonchev–Trinajstić information content (AvgIpc) is 3.48. The standard InChI is InChI=1S/C21H19N3O2S2/c25-21(17-14-27-19-6-2-1-4-16(17)19)24-9-7-23(8-10-24)12-15-13-28-20(22-15)18-5-3-11-26-18/h1-6,11,13-14H,7-10,12H2. The van der Waals surface area contributed by atoms with E-state index >= 15 is 0 Å². The van der Waals surface area contributed by atoms with Gasteiger partial charge in [-0.3, -0.25) is 9.69 Å². The number of furan rings is 1. The third kappa shape index (κ3) is 3.37. The Kier molecular flexibility index (Phi) is 4.72. The summed E-state index contributed by atoms with van der Waals surface area (Å²) in [5, 5.41) is 6.06. The molecule has 1 fully saturated rings. The van der Waals surface area contributed by atoms with Crippen molar-refractivity contribution in [1.82, 2.24) is 14.8 Å². The van der Waals surface area contributed by atoms with Crippen LogP contribution in [0.4, 0.5) is 0 Å². The van der Waals surface area contributed by atoms with Crippen molar-refractivity contribution >= 4 is 38.7 Å². The number of carbonyl (C=O) groups excluding carboxylic acids is 1. The van der Waals surface area contributed by atoms with Gasteiger partial charge in [0.15, 0.2) is 10.8 Å². The SMILES string of the molecule is O=C(c1csc2ccccc12)N1CCN(Cc2csc(-c3ccco3)n2)CC1. The first kappa shape index (κ1) is 17.6. The van der Waals surface area contributed by atoms with E-state index in [4.69, 9.17) is 4.42 Å². The van der Waals surface area contributed by atoms with Crippen molar-refractivity contribution in [2.24, 2.45) is 0 Å². The first-order valence-electron chi connectivity index (χ1n) is 9.24. The molecule has 4 heterocycles. The molecule has 4 aromatic rings. The Bertz CT molecular complexity index is 1090. The summed E-state index contributed by atoms with van der Waals surface area (Å²) in [4.78, 5) is 22.0. The lowest BCUT2D eigenvalue weighted by Crippen LogP contribution is -2.48. The lowest BCUT2D eigenvalue weighted by atomic mass is 10.1. The van der Waals surface area contributed by atoms with E-state index in [0.29, 0.717) is 0 Å². The Morgan fingerprint density at radius 2 is 1.89 bits per heavy atom. The van der Waals surface area contributed by atoms with Crippen molar-refractivity contribution in [3.8, 4) is 10.8 Å². The van der Waals surface area contributed by atoms with Gasteiger partial charge in [0.25, 0.3) is 5.91 Å². The molecule has 0 N–H and O–H groups in total. The van der Waals surface area contributed by atoms with Crippen LogP contribution in [-0.2, 0) is 6.54 Å². The number of thiazole rings is 1. The Labute approximate surface area is 170 Å². The molecule has 1 aliphatic heterocycles. The molecule has 0 radical (unpaired) electrons. The fraction of sp³-hybridized carbons (Fsp3) is 0.238. The van der Waals surface area contributed by atoms with Crippen LogP contribution in [0.25, 0.3) is 20.9 Å². The molecule has 1 saturated heterocycles. The number of hydrogen-bond acceptors (Lipinski definition) is 6. The van der Waals surface area contributed by atoms with Gasteiger partial charge in [0.05, 0.1) is 17.5 Å². The Hall–Kier alpha value is -2.48. The van der Waals surface area contributed by atoms with Crippen molar-refractivity contribution in [2.45, 2.75) is 6.54 Å². The molecule has 0 saturated carbocycles. The fourth-order valence-corrected chi connectivity index (χ4v) is 5.26. The van der Waals surface area contributed by atoms with Gasteiger partial charge in [-0.2, -0.15) is 0 Å². The smallest absolute Gasteiger partial charge is 0.255 e. The summed E-state index contributed by atoms with van der Waals surface area (Å²) in [6.07, 6.45) is 1.67. The minimum atomic E-state index is 0.144. The van der Waals surface area contributed by atoms with Gasteiger partial charge in [-0.25, -0.2) is 4.98 Å². The highest BCUT2D eigenvalue weighted by atomic mass is 32.1. The molecule has 1 aromatic carbocycles. The number of benzene rings is 1. The third-order valence-corrected chi connectivity index (χ3v) is 6.91. The Morgan fingerprint density at radius 3 is 2.71 bits per heavy atom. The monoisotopic (exact) mass is 409 g/mol. The third-order valence-electron chi connectivity index (χ3n) is 5.04. The second-order valence-electron chi connectivity index (χ2n) is 6.84. The Morgan fingerprint density at radius 1 is 1.04 bits per heavy atom. The summed E-state index contributed by atoms with van der Waals surface area (Å²) in [7, 11) is 0. The summed E-state index contributed by atoms with van der Waals surface area (Å²) >= 11 is 3.24. The molecule has 142 valence electrons. The normalized spacial score (nSPS) is 15.4. The van der Waals surface area contributed by atoms with Crippen molar-refractivity contribution < 1.29 is 9.21 Å². The van der Waals surface area contributed by atoms with Crippen molar-refractivity contribution in [3.05, 3.63) is 64.7 Å². The van der Waals surface area contributed by atoms with Crippen molar-refractivity contribution in [3.63, 3.8) is 0 Å². The summed E-state index contributed by atoms with van der Waals surface area (Å²) < 4.78 is 6.59. The summed E-state index contributed by atoms with van der Waals surface area (Å²) in [5.74, 6) is 0.959. The van der Waals surface area contributed by atoms with Gasteiger partial charge in [0, 0.05) is 53.6 Å². The molecule has 0 atom stereocenters. The van der Waals surface area contributed by atoms with Crippen LogP contribution in [0.5, 0.6) is 0 Å². The molecule has 28 heavy (non-hydrogen) atoms. The molecule has 1 aliphatic rings. The molecule has 0 spiro atoms. The van der Waals surface area contributed by atoms with Crippen LogP contribution in [0.1, 0.15) is 16.1 Å². The van der Waals surface area contributed by atoms with E-state index in [1.165, 1.54) is 4.70 Å². The maximum atomic E-state index is 13.0. The first-order valence-corrected chi connectivity index (χ1v) is 11.0. The maximum Gasteiger partial charge on any atom is 0.255 e. The zero-order valence-corrected chi connectivity index (χ0v) is 16.8. The topological polar surface area (TPSA) is 49.6 Å². The van der Waals surface area contributed by atoms with Crippen molar-refractivity contribution in [2.75, 3.05) is 26.2 Å². The average molecular weight is 410 g/mol. The molecule has 0 aliphatic carbocycles. The molecular weight excluding hydrogens is 390 g/mol. The van der Waals surface area contributed by atoms with Crippen LogP contribution in [-0.4, -0.2) is 46.9 Å². The molecule has 5 rings (SSSR count). The number of hydrogen-bond donors (Lipinski definition) is 0. The van der Waals surface area contributed by atoms with Gasteiger partial charge in [-0.15, -0.1) is 22.7 Å². The van der Waals surface area contributed by atoms with E-state index < -0.39 is 0 Å². The number of rotatable bonds is 4. The molecule has 0 bridgehead atoms. The lowest BCUT2D eigenvalue weighted by Gasteiger charge is -2.34. The maximum absolute atomic E-state index is 13.0. The summed E-state index contributed by atoms with van der Waals surface area (Å²) in [6.45, 7) is 4.03. The van der Waals surface area contributed by atoms with Gasteiger partial charge < -0.3 is 9.32 Å². The minimum absolute atomic E-state index is 0.144. The zero-order chi connectivity index (χ0) is 18.9. The number of thiophene rings is 1.